The van der Waals surface area contributed by atoms with Gasteiger partial charge in [0.15, 0.2) is 0 Å². The predicted octanol–water partition coefficient (Wildman–Crippen LogP) is 4.44. The summed E-state index contributed by atoms with van der Waals surface area (Å²) in [5, 5.41) is 13.7. The van der Waals surface area contributed by atoms with Gasteiger partial charge < -0.3 is 15.5 Å². The van der Waals surface area contributed by atoms with E-state index in [-0.39, 0.29) is 24.3 Å². The highest BCUT2D eigenvalue weighted by atomic mass is 35.5. The van der Waals surface area contributed by atoms with Crippen LogP contribution in [0.2, 0.25) is 5.02 Å². The average Bonchev–Trinajstić information content (AvgIpc) is 3.57. The molecule has 1 atom stereocenters. The maximum atomic E-state index is 13.5. The number of rotatable bonds is 7. The van der Waals surface area contributed by atoms with E-state index in [0.717, 1.165) is 21.3 Å². The first-order chi connectivity index (χ1) is 18.3. The number of benzene rings is 2. The lowest BCUT2D eigenvalue weighted by molar-refractivity contribution is -0.134. The number of nitrogens with one attached hydrogen (secondary N) is 3. The van der Waals surface area contributed by atoms with Crippen LogP contribution >= 0.6 is 22.9 Å². The van der Waals surface area contributed by atoms with Crippen molar-refractivity contribution in [2.24, 2.45) is 0 Å². The van der Waals surface area contributed by atoms with Crippen LogP contribution in [-0.2, 0) is 24.3 Å². The molecule has 4 aromatic rings. The molecule has 8 nitrogen and oxygen atoms in total. The third-order valence-electron chi connectivity index (χ3n) is 6.56. The minimum absolute atomic E-state index is 0.105. The van der Waals surface area contributed by atoms with E-state index in [1.807, 2.05) is 6.92 Å². The van der Waals surface area contributed by atoms with Crippen LogP contribution in [-0.4, -0.2) is 45.4 Å². The molecule has 0 saturated carbocycles. The molecule has 0 fully saturated rings. The summed E-state index contributed by atoms with van der Waals surface area (Å²) < 4.78 is 13.5. The van der Waals surface area contributed by atoms with Crippen molar-refractivity contribution >= 4 is 51.6 Å². The number of carbonyl (C=O) groups excluding carboxylic acids is 3. The largest absolute Gasteiger partial charge is 0.347 e. The van der Waals surface area contributed by atoms with Gasteiger partial charge in [-0.2, -0.15) is 5.10 Å². The number of aromatic amines is 1. The molecule has 1 aliphatic rings. The molecule has 0 spiro atoms. The van der Waals surface area contributed by atoms with E-state index < -0.39 is 11.9 Å². The third-order valence-corrected chi connectivity index (χ3v) is 8.17. The summed E-state index contributed by atoms with van der Waals surface area (Å²) in [4.78, 5) is 42.2. The van der Waals surface area contributed by atoms with E-state index in [9.17, 15) is 18.8 Å². The van der Waals surface area contributed by atoms with Crippen molar-refractivity contribution in [2.75, 3.05) is 6.54 Å². The molecule has 196 valence electrons. The summed E-state index contributed by atoms with van der Waals surface area (Å²) in [7, 11) is 0. The van der Waals surface area contributed by atoms with Crippen LogP contribution < -0.4 is 10.6 Å². The number of thiophene rings is 1. The smallest absolute Gasteiger partial charge is 0.261 e. The average molecular weight is 554 g/mol. The van der Waals surface area contributed by atoms with Crippen LogP contribution in [0.1, 0.15) is 49.4 Å². The van der Waals surface area contributed by atoms with Crippen LogP contribution in [0.15, 0.2) is 48.7 Å². The van der Waals surface area contributed by atoms with Crippen molar-refractivity contribution in [2.45, 2.75) is 38.9 Å². The topological polar surface area (TPSA) is 107 Å². The molecule has 1 aliphatic heterocycles. The first kappa shape index (κ1) is 25.9. The zero-order valence-corrected chi connectivity index (χ0v) is 22.1. The molecule has 3 amide bonds. The zero-order valence-electron chi connectivity index (χ0n) is 20.5. The van der Waals surface area contributed by atoms with Gasteiger partial charge in [0, 0.05) is 40.5 Å². The molecular weight excluding hydrogens is 529 g/mol. The second-order valence-corrected chi connectivity index (χ2v) is 10.6. The van der Waals surface area contributed by atoms with Gasteiger partial charge in [-0.1, -0.05) is 18.5 Å². The number of H-pyrrole nitrogens is 1. The molecule has 0 radical (unpaired) electrons. The summed E-state index contributed by atoms with van der Waals surface area (Å²) >= 11 is 7.48. The second kappa shape index (κ2) is 10.9. The molecule has 3 heterocycles. The number of aromatic nitrogens is 2. The first-order valence-corrected chi connectivity index (χ1v) is 13.4. The minimum Gasteiger partial charge on any atom is -0.347 e. The van der Waals surface area contributed by atoms with Gasteiger partial charge in [0.1, 0.15) is 11.9 Å². The molecule has 2 aromatic carbocycles. The van der Waals surface area contributed by atoms with E-state index in [2.05, 4.69) is 20.8 Å². The number of hydrogen-bond donors (Lipinski definition) is 3. The van der Waals surface area contributed by atoms with Gasteiger partial charge >= 0.3 is 0 Å². The highest BCUT2D eigenvalue weighted by Gasteiger charge is 2.29. The molecule has 0 aliphatic carbocycles. The molecule has 0 saturated heterocycles. The van der Waals surface area contributed by atoms with Crippen LogP contribution in [0.4, 0.5) is 4.39 Å². The van der Waals surface area contributed by atoms with E-state index >= 15 is 0 Å². The quantitative estimate of drug-likeness (QED) is 0.314. The molecule has 0 unspecified atom stereocenters. The fraction of sp³-hybridized carbons (Fsp3) is 0.259. The highest BCUT2D eigenvalue weighted by Crippen LogP contribution is 2.29. The number of fused-ring (bicyclic) bond motifs is 2. The van der Waals surface area contributed by atoms with Crippen molar-refractivity contribution in [3.63, 3.8) is 0 Å². The van der Waals surface area contributed by atoms with Gasteiger partial charge in [0.25, 0.3) is 11.8 Å². The predicted molar refractivity (Wildman–Crippen MR) is 144 cm³/mol. The van der Waals surface area contributed by atoms with Gasteiger partial charge in [-0.05, 0) is 66.4 Å². The Labute approximate surface area is 227 Å². The maximum Gasteiger partial charge on any atom is 0.261 e. The molecule has 3 N–H and O–H groups in total. The van der Waals surface area contributed by atoms with Crippen molar-refractivity contribution in [1.82, 2.24) is 25.7 Å². The van der Waals surface area contributed by atoms with E-state index in [1.54, 1.807) is 35.4 Å². The van der Waals surface area contributed by atoms with E-state index in [1.165, 1.54) is 29.5 Å². The summed E-state index contributed by atoms with van der Waals surface area (Å²) in [5.74, 6) is -1.18. The van der Waals surface area contributed by atoms with Crippen LogP contribution in [0.5, 0.6) is 0 Å². The second-order valence-electron chi connectivity index (χ2n) is 9.09. The number of nitrogens with zero attached hydrogens (tertiary/aromatic N) is 2. The zero-order chi connectivity index (χ0) is 26.8. The lowest BCUT2D eigenvalue weighted by atomic mass is 10.1. The third kappa shape index (κ3) is 5.41. The number of amides is 3. The molecular formula is C27H25ClFN5O3S. The maximum absolute atomic E-state index is 13.5. The lowest BCUT2D eigenvalue weighted by Crippen LogP contribution is -2.49. The molecule has 2 aromatic heterocycles. The summed E-state index contributed by atoms with van der Waals surface area (Å²) in [6, 6.07) is 10.4. The van der Waals surface area contributed by atoms with Crippen molar-refractivity contribution in [3.8, 4) is 0 Å². The van der Waals surface area contributed by atoms with Gasteiger partial charge in [0.05, 0.1) is 16.6 Å². The first-order valence-electron chi connectivity index (χ1n) is 12.2. The Bertz CT molecular complexity index is 1530. The lowest BCUT2D eigenvalue weighted by Gasteiger charge is -2.30. The van der Waals surface area contributed by atoms with Crippen LogP contribution in [0.25, 0.3) is 10.9 Å². The molecule has 0 bridgehead atoms. The fourth-order valence-electron chi connectivity index (χ4n) is 4.46. The van der Waals surface area contributed by atoms with E-state index in [0.29, 0.717) is 47.0 Å². The Morgan fingerprint density at radius 1 is 1.18 bits per heavy atom. The van der Waals surface area contributed by atoms with Crippen molar-refractivity contribution < 1.29 is 18.8 Å². The van der Waals surface area contributed by atoms with Gasteiger partial charge in [-0.15, -0.1) is 11.3 Å². The monoisotopic (exact) mass is 553 g/mol. The number of carbonyl (C=O) groups is 3. The SMILES string of the molecule is CC[C@@H](NC(=O)c1ccc2[nH]ncc2c1)C(=O)N1CCc2sc(C(=O)NCc3cc(F)ccc3Cl)cc2C1. The summed E-state index contributed by atoms with van der Waals surface area (Å²) in [5.41, 5.74) is 2.69. The number of halogens is 2. The van der Waals surface area contributed by atoms with Crippen LogP contribution in [0, 0.1) is 5.82 Å². The Hall–Kier alpha value is -3.76. The normalized spacial score (nSPS) is 13.7. The standard InChI is InChI=1S/C27H25ClFN5O3S/c1-2-21(32-25(35)15-3-6-22-17(9-15)13-31-33-22)27(37)34-8-7-23-18(14-34)11-24(38-23)26(36)30-12-16-10-19(29)4-5-20(16)28/h3-6,9-11,13,21H,2,7-8,12,14H2,1H3,(H,30,36)(H,31,33)(H,32,35)/t21-/m1/s1. The van der Waals surface area contributed by atoms with Crippen molar-refractivity contribution in [3.05, 3.63) is 85.9 Å². The Kier molecular flexibility index (Phi) is 7.44. The highest BCUT2D eigenvalue weighted by molar-refractivity contribution is 7.14. The van der Waals surface area contributed by atoms with Crippen molar-refractivity contribution in [1.29, 1.82) is 0 Å². The Balaban J connectivity index is 1.21. The number of hydrogen-bond acceptors (Lipinski definition) is 5. The molecule has 11 heteroatoms. The summed E-state index contributed by atoms with van der Waals surface area (Å²) in [6.45, 7) is 2.82. The Morgan fingerprint density at radius 2 is 2.03 bits per heavy atom. The summed E-state index contributed by atoms with van der Waals surface area (Å²) in [6.07, 6.45) is 2.71. The Morgan fingerprint density at radius 3 is 2.84 bits per heavy atom. The fourth-order valence-corrected chi connectivity index (χ4v) is 5.72. The van der Waals surface area contributed by atoms with Gasteiger partial charge in [-0.25, -0.2) is 4.39 Å². The molecule has 38 heavy (non-hydrogen) atoms. The van der Waals surface area contributed by atoms with Gasteiger partial charge in [-0.3, -0.25) is 19.5 Å². The van der Waals surface area contributed by atoms with E-state index in [4.69, 9.17) is 11.6 Å². The van der Waals surface area contributed by atoms with Gasteiger partial charge in [0.2, 0.25) is 5.91 Å². The minimum atomic E-state index is -0.665. The van der Waals surface area contributed by atoms with Crippen LogP contribution in [0.3, 0.4) is 0 Å². The molecule has 5 rings (SSSR count).